The maximum atomic E-state index is 11.8. The maximum absolute atomic E-state index is 11.8. The molecule has 0 spiro atoms. The van der Waals surface area contributed by atoms with Crippen molar-refractivity contribution in [1.82, 2.24) is 0 Å². The van der Waals surface area contributed by atoms with Gasteiger partial charge >= 0.3 is 0 Å². The summed E-state index contributed by atoms with van der Waals surface area (Å²) in [5, 5.41) is 14.0. The fraction of sp³-hybridized carbons (Fsp3) is 0.667. The molecule has 0 saturated heterocycles. The summed E-state index contributed by atoms with van der Waals surface area (Å²) in [6.45, 7) is 6.82. The smallest absolute Gasteiger partial charge is 0.0899 e. The van der Waals surface area contributed by atoms with Crippen molar-refractivity contribution in [3.63, 3.8) is 0 Å². The van der Waals surface area contributed by atoms with Crippen LogP contribution in [0.4, 0.5) is 0 Å². The molecule has 1 aromatic carbocycles. The number of hydrogen-bond donors (Lipinski definition) is 1. The standard InChI is InChI=1S/C24H38OS/c1-4-6-8-12-18-24(25,19-13-9-7-5-2)22-16-11-10-15-21(22)23(3)17-14-20-26-23/h10-11,14-16,20,25H,4-9,12-13,17-19H2,1-3H3. The van der Waals surface area contributed by atoms with E-state index in [2.05, 4.69) is 56.5 Å². The van der Waals surface area contributed by atoms with Gasteiger partial charge in [0.05, 0.1) is 5.60 Å². The summed E-state index contributed by atoms with van der Waals surface area (Å²) in [6.07, 6.45) is 14.8. The summed E-state index contributed by atoms with van der Waals surface area (Å²) in [5.41, 5.74) is 1.85. The zero-order valence-corrected chi connectivity index (χ0v) is 17.9. The molecule has 1 atom stereocenters. The van der Waals surface area contributed by atoms with E-state index in [1.807, 2.05) is 11.8 Å². The van der Waals surface area contributed by atoms with Gasteiger partial charge in [0.1, 0.15) is 0 Å². The molecule has 2 rings (SSSR count). The molecule has 1 aliphatic rings. The third-order valence-electron chi connectivity index (χ3n) is 5.82. The lowest BCUT2D eigenvalue weighted by atomic mass is 9.78. The van der Waals surface area contributed by atoms with Crippen LogP contribution in [0.25, 0.3) is 0 Å². The molecule has 1 N–H and O–H groups in total. The van der Waals surface area contributed by atoms with Gasteiger partial charge in [0, 0.05) is 4.75 Å². The lowest BCUT2D eigenvalue weighted by Gasteiger charge is -2.35. The van der Waals surface area contributed by atoms with Gasteiger partial charge in [-0.3, -0.25) is 0 Å². The van der Waals surface area contributed by atoms with Crippen LogP contribution in [0.2, 0.25) is 0 Å². The van der Waals surface area contributed by atoms with Crippen molar-refractivity contribution in [2.24, 2.45) is 0 Å². The second-order valence-corrected chi connectivity index (χ2v) is 9.53. The minimum Gasteiger partial charge on any atom is -0.385 e. The van der Waals surface area contributed by atoms with Crippen molar-refractivity contribution in [1.29, 1.82) is 0 Å². The highest BCUT2D eigenvalue weighted by Gasteiger charge is 2.37. The van der Waals surface area contributed by atoms with Gasteiger partial charge in [-0.2, -0.15) is 0 Å². The van der Waals surface area contributed by atoms with E-state index in [1.165, 1.54) is 49.7 Å². The largest absolute Gasteiger partial charge is 0.385 e. The molecule has 0 saturated carbocycles. The summed E-state index contributed by atoms with van der Waals surface area (Å²) < 4.78 is 0.0669. The highest BCUT2D eigenvalue weighted by Crippen LogP contribution is 2.49. The third-order valence-corrected chi connectivity index (χ3v) is 7.05. The second-order valence-electron chi connectivity index (χ2n) is 8.12. The summed E-state index contributed by atoms with van der Waals surface area (Å²) in [6, 6.07) is 8.69. The van der Waals surface area contributed by atoms with Gasteiger partial charge < -0.3 is 5.11 Å². The van der Waals surface area contributed by atoms with Crippen LogP contribution in [-0.2, 0) is 10.3 Å². The minimum atomic E-state index is -0.676. The van der Waals surface area contributed by atoms with Crippen LogP contribution in [0, 0.1) is 0 Å². The summed E-state index contributed by atoms with van der Waals surface area (Å²) in [7, 11) is 0. The zero-order valence-electron chi connectivity index (χ0n) is 17.1. The molecule has 0 bridgehead atoms. The number of unbranched alkanes of at least 4 members (excludes halogenated alkanes) is 6. The van der Waals surface area contributed by atoms with E-state index < -0.39 is 5.60 Å². The van der Waals surface area contributed by atoms with Gasteiger partial charge in [-0.1, -0.05) is 95.6 Å². The lowest BCUT2D eigenvalue weighted by Crippen LogP contribution is -2.30. The number of rotatable bonds is 12. The molecule has 1 unspecified atom stereocenters. The molecular formula is C24H38OS. The first-order valence-corrected chi connectivity index (χ1v) is 11.6. The summed E-state index contributed by atoms with van der Waals surface area (Å²) >= 11 is 1.90. The Morgan fingerprint density at radius 1 is 0.962 bits per heavy atom. The number of hydrogen-bond acceptors (Lipinski definition) is 2. The molecule has 2 heteroatoms. The average molecular weight is 375 g/mol. The van der Waals surface area contributed by atoms with Crippen LogP contribution < -0.4 is 0 Å². The Kier molecular flexibility index (Phi) is 8.76. The molecule has 0 aliphatic carbocycles. The number of thioether (sulfide) groups is 1. The van der Waals surface area contributed by atoms with E-state index in [1.54, 1.807) is 0 Å². The van der Waals surface area contributed by atoms with Crippen LogP contribution in [0.15, 0.2) is 35.7 Å². The lowest BCUT2D eigenvalue weighted by molar-refractivity contribution is 0.0120. The fourth-order valence-corrected chi connectivity index (χ4v) is 5.12. The number of aliphatic hydroxyl groups is 1. The molecule has 1 heterocycles. The maximum Gasteiger partial charge on any atom is 0.0899 e. The monoisotopic (exact) mass is 374 g/mol. The predicted octanol–water partition coefficient (Wildman–Crippen LogP) is 7.68. The topological polar surface area (TPSA) is 20.2 Å². The van der Waals surface area contributed by atoms with Crippen molar-refractivity contribution in [3.05, 3.63) is 46.9 Å². The van der Waals surface area contributed by atoms with Gasteiger partial charge in [0.15, 0.2) is 0 Å². The first kappa shape index (κ1) is 21.6. The molecule has 1 aromatic rings. The average Bonchev–Trinajstić information content (AvgIpc) is 3.10. The van der Waals surface area contributed by atoms with Crippen LogP contribution in [0.5, 0.6) is 0 Å². The summed E-state index contributed by atoms with van der Waals surface area (Å²) in [4.78, 5) is 0. The Labute approximate surface area is 165 Å². The van der Waals surface area contributed by atoms with Crippen molar-refractivity contribution < 1.29 is 5.11 Å². The van der Waals surface area contributed by atoms with E-state index >= 15 is 0 Å². The highest BCUT2D eigenvalue weighted by atomic mass is 32.2. The van der Waals surface area contributed by atoms with Gasteiger partial charge in [0.2, 0.25) is 0 Å². The molecule has 1 aliphatic heterocycles. The minimum absolute atomic E-state index is 0.0669. The van der Waals surface area contributed by atoms with E-state index in [-0.39, 0.29) is 4.75 Å². The van der Waals surface area contributed by atoms with Crippen LogP contribution in [-0.4, -0.2) is 5.11 Å². The molecule has 146 valence electrons. The Balaban J connectivity index is 2.23. The quantitative estimate of drug-likeness (QED) is 0.378. The molecule has 1 nitrogen and oxygen atoms in total. The molecule has 0 fully saturated rings. The van der Waals surface area contributed by atoms with Crippen LogP contribution in [0.3, 0.4) is 0 Å². The molecule has 0 radical (unpaired) electrons. The molecular weight excluding hydrogens is 336 g/mol. The Hall–Kier alpha value is -0.730. The molecule has 0 aromatic heterocycles. The Bertz CT molecular complexity index is 543. The zero-order chi connectivity index (χ0) is 18.9. The normalized spacial score (nSPS) is 20.0. The van der Waals surface area contributed by atoms with E-state index in [0.717, 1.165) is 32.1 Å². The predicted molar refractivity (Wildman–Crippen MR) is 117 cm³/mol. The first-order chi connectivity index (χ1) is 12.6. The first-order valence-electron chi connectivity index (χ1n) is 10.7. The molecule has 0 amide bonds. The van der Waals surface area contributed by atoms with Gasteiger partial charge in [0.25, 0.3) is 0 Å². The number of benzene rings is 1. The Morgan fingerprint density at radius 3 is 2.12 bits per heavy atom. The van der Waals surface area contributed by atoms with E-state index in [9.17, 15) is 5.11 Å². The molecule has 26 heavy (non-hydrogen) atoms. The number of allylic oxidation sites excluding steroid dienone is 1. The SMILES string of the molecule is CCCCCCC(O)(CCCCCC)c1ccccc1C1(C)CC=CS1. The fourth-order valence-electron chi connectivity index (χ4n) is 4.13. The highest BCUT2D eigenvalue weighted by molar-refractivity contribution is 8.03. The van der Waals surface area contributed by atoms with Crippen LogP contribution >= 0.6 is 11.8 Å². The second kappa shape index (κ2) is 10.6. The summed E-state index contributed by atoms with van der Waals surface area (Å²) in [5.74, 6) is 0. The van der Waals surface area contributed by atoms with Gasteiger partial charge in [-0.25, -0.2) is 0 Å². The van der Waals surface area contributed by atoms with Gasteiger partial charge in [-0.05, 0) is 42.7 Å². The van der Waals surface area contributed by atoms with Crippen molar-refractivity contribution >= 4 is 11.8 Å². The van der Waals surface area contributed by atoms with Crippen molar-refractivity contribution in [2.75, 3.05) is 0 Å². The third kappa shape index (κ3) is 5.63. The van der Waals surface area contributed by atoms with Gasteiger partial charge in [-0.15, -0.1) is 11.8 Å². The van der Waals surface area contributed by atoms with Crippen molar-refractivity contribution in [3.8, 4) is 0 Å². The Morgan fingerprint density at radius 2 is 1.58 bits per heavy atom. The van der Waals surface area contributed by atoms with Crippen LogP contribution in [0.1, 0.15) is 103 Å². The van der Waals surface area contributed by atoms with E-state index in [0.29, 0.717) is 0 Å². The van der Waals surface area contributed by atoms with E-state index in [4.69, 9.17) is 0 Å². The van der Waals surface area contributed by atoms with Crippen molar-refractivity contribution in [2.45, 2.75) is 102 Å².